The highest BCUT2D eigenvalue weighted by Crippen LogP contribution is 2.37. The van der Waals surface area contributed by atoms with Crippen molar-refractivity contribution in [1.29, 1.82) is 0 Å². The summed E-state index contributed by atoms with van der Waals surface area (Å²) in [6.07, 6.45) is 2.10. The van der Waals surface area contributed by atoms with Gasteiger partial charge in [-0.1, -0.05) is 95.4 Å². The molecule has 3 N–H and O–H groups in total. The van der Waals surface area contributed by atoms with Gasteiger partial charge in [-0.3, -0.25) is 14.4 Å². The van der Waals surface area contributed by atoms with Crippen molar-refractivity contribution in [3.8, 4) is 0 Å². The van der Waals surface area contributed by atoms with E-state index >= 15 is 0 Å². The van der Waals surface area contributed by atoms with Crippen molar-refractivity contribution >= 4 is 45.9 Å². The van der Waals surface area contributed by atoms with Gasteiger partial charge in [0.2, 0.25) is 0 Å². The number of aliphatic carboxylic acids is 1. The summed E-state index contributed by atoms with van der Waals surface area (Å²) in [6.45, 7) is 12.7. The fraction of sp³-hybridized carbons (Fsp3) is 0.298. The predicted molar refractivity (Wildman–Crippen MR) is 275 cm³/mol. The molecule has 2 unspecified atom stereocenters. The van der Waals surface area contributed by atoms with E-state index in [-0.39, 0.29) is 30.1 Å². The Morgan fingerprint density at radius 1 is 0.639 bits per heavy atom. The highest BCUT2D eigenvalue weighted by Gasteiger charge is 2.27. The Bertz CT molecular complexity index is 3240. The fourth-order valence-electron chi connectivity index (χ4n) is 9.86. The predicted octanol–water partition coefficient (Wildman–Crippen LogP) is 9.05. The zero-order chi connectivity index (χ0) is 50.9. The van der Waals surface area contributed by atoms with Crippen LogP contribution in [-0.4, -0.2) is 89.1 Å². The first-order valence-corrected chi connectivity index (χ1v) is 24.4. The van der Waals surface area contributed by atoms with Crippen LogP contribution < -0.4 is 5.32 Å². The van der Waals surface area contributed by atoms with Crippen LogP contribution in [0.5, 0.6) is 0 Å². The minimum atomic E-state index is -0.879. The first kappa shape index (κ1) is 50.4. The molecular weight excluding hydrogens is 909 g/mol. The minimum absolute atomic E-state index is 0.0176. The number of aromatic nitrogens is 6. The Labute approximate surface area is 418 Å². The summed E-state index contributed by atoms with van der Waals surface area (Å²) in [5.74, 6) is -2.33. The molecule has 0 aliphatic carbocycles. The maximum absolute atomic E-state index is 13.0. The normalized spacial score (nSPS) is 13.7. The van der Waals surface area contributed by atoms with Gasteiger partial charge >= 0.3 is 17.9 Å². The number of hydrogen-bond donors (Lipinski definition) is 3. The van der Waals surface area contributed by atoms with Gasteiger partial charge in [0.25, 0.3) is 5.91 Å². The molecule has 0 spiro atoms. The van der Waals surface area contributed by atoms with Crippen LogP contribution in [0.2, 0.25) is 0 Å². The van der Waals surface area contributed by atoms with Crippen LogP contribution in [0.25, 0.3) is 22.1 Å². The van der Waals surface area contributed by atoms with E-state index in [0.717, 1.165) is 100 Å². The second kappa shape index (κ2) is 22.8. The van der Waals surface area contributed by atoms with Crippen LogP contribution in [0.4, 0.5) is 0 Å². The quantitative estimate of drug-likeness (QED) is 0.0985. The van der Waals surface area contributed by atoms with Crippen molar-refractivity contribution in [2.75, 3.05) is 20.2 Å². The van der Waals surface area contributed by atoms with Crippen LogP contribution in [0.1, 0.15) is 115 Å². The molecule has 0 saturated heterocycles. The summed E-state index contributed by atoms with van der Waals surface area (Å²) in [6, 6.07) is 38.6. The summed E-state index contributed by atoms with van der Waals surface area (Å²) < 4.78 is 8.74. The van der Waals surface area contributed by atoms with E-state index in [1.54, 1.807) is 30.3 Å². The Hall–Kier alpha value is -8.04. The number of aryl methyl sites for hydroxylation is 4. The number of benzene rings is 6. The number of fused-ring (bicyclic) bond motifs is 4. The van der Waals surface area contributed by atoms with Crippen molar-refractivity contribution in [3.63, 3.8) is 0 Å². The zero-order valence-corrected chi connectivity index (χ0v) is 41.3. The second-order valence-corrected chi connectivity index (χ2v) is 18.1. The molecule has 10 rings (SSSR count). The Morgan fingerprint density at radius 3 is 1.68 bits per heavy atom. The second-order valence-electron chi connectivity index (χ2n) is 18.1. The van der Waals surface area contributed by atoms with Gasteiger partial charge < -0.3 is 25.2 Å². The third-order valence-corrected chi connectivity index (χ3v) is 13.8. The number of hydrogen-bond acceptors (Lipinski definition) is 10. The number of methoxy groups -OCH3 is 1. The number of carboxylic acids is 2. The van der Waals surface area contributed by atoms with Crippen LogP contribution in [0, 0.1) is 13.8 Å². The van der Waals surface area contributed by atoms with Crippen molar-refractivity contribution in [3.05, 3.63) is 188 Å². The number of ether oxygens (including phenoxy) is 1. The lowest BCUT2D eigenvalue weighted by Gasteiger charge is -2.30. The molecule has 0 fully saturated rings. The number of carbonyl (C=O) groups excluding carboxylic acids is 2. The van der Waals surface area contributed by atoms with Crippen molar-refractivity contribution in [2.24, 2.45) is 0 Å². The summed E-state index contributed by atoms with van der Waals surface area (Å²) >= 11 is 0. The summed E-state index contributed by atoms with van der Waals surface area (Å²) in [4.78, 5) is 49.2. The van der Waals surface area contributed by atoms with Gasteiger partial charge in [-0.15, -0.1) is 10.2 Å². The van der Waals surface area contributed by atoms with E-state index in [2.05, 4.69) is 82.3 Å². The van der Waals surface area contributed by atoms with Crippen LogP contribution >= 0.6 is 0 Å². The molecule has 0 bridgehead atoms. The Balaban J connectivity index is 0.000000167. The summed E-state index contributed by atoms with van der Waals surface area (Å²) in [7, 11) is 1.44. The molecule has 2 aliphatic heterocycles. The van der Waals surface area contributed by atoms with Gasteiger partial charge in [0.15, 0.2) is 0 Å². The van der Waals surface area contributed by atoms with E-state index in [4.69, 9.17) is 9.84 Å². The summed E-state index contributed by atoms with van der Waals surface area (Å²) in [5.41, 5.74) is 15.8. The topological polar surface area (TPSA) is 195 Å². The van der Waals surface area contributed by atoms with Crippen LogP contribution in [-0.2, 0) is 53.3 Å². The van der Waals surface area contributed by atoms with Gasteiger partial charge in [0.05, 0.1) is 36.5 Å². The highest BCUT2D eigenvalue weighted by molar-refractivity contribution is 5.94. The lowest BCUT2D eigenvalue weighted by Crippen LogP contribution is -2.36. The Morgan fingerprint density at radius 2 is 1.17 bits per heavy atom. The molecule has 0 radical (unpaired) electrons. The molecule has 1 amide bonds. The number of amides is 1. The average Bonchev–Trinajstić information content (AvgIpc) is 4.05. The van der Waals surface area contributed by atoms with E-state index < -0.39 is 11.9 Å². The molecule has 15 nitrogen and oxygen atoms in total. The molecule has 15 heteroatoms. The van der Waals surface area contributed by atoms with Gasteiger partial charge in [0.1, 0.15) is 11.0 Å². The number of carbonyl (C=O) groups is 4. The zero-order valence-electron chi connectivity index (χ0n) is 41.3. The monoisotopic (exact) mass is 968 g/mol. The molecule has 2 aliphatic rings. The maximum Gasteiger partial charge on any atom is 0.335 e. The molecule has 4 heterocycles. The number of esters is 1. The largest absolute Gasteiger partial charge is 0.481 e. The van der Waals surface area contributed by atoms with Gasteiger partial charge in [0, 0.05) is 50.1 Å². The van der Waals surface area contributed by atoms with Gasteiger partial charge in [-0.05, 0) is 139 Å². The highest BCUT2D eigenvalue weighted by atomic mass is 16.5. The molecular formula is C57H60N8O7. The molecule has 72 heavy (non-hydrogen) atoms. The average molecular weight is 969 g/mol. The molecule has 370 valence electrons. The van der Waals surface area contributed by atoms with Crippen LogP contribution in [0.15, 0.2) is 121 Å². The molecule has 6 aromatic carbocycles. The minimum Gasteiger partial charge on any atom is -0.481 e. The van der Waals surface area contributed by atoms with Crippen molar-refractivity contribution in [2.45, 2.75) is 91.4 Å². The van der Waals surface area contributed by atoms with Crippen molar-refractivity contribution in [1.82, 2.24) is 40.2 Å². The maximum atomic E-state index is 13.0. The fourth-order valence-corrected chi connectivity index (χ4v) is 9.86. The van der Waals surface area contributed by atoms with E-state index in [0.29, 0.717) is 30.6 Å². The number of rotatable bonds is 12. The van der Waals surface area contributed by atoms with Gasteiger partial charge in [-0.25, -0.2) is 14.2 Å². The van der Waals surface area contributed by atoms with E-state index in [1.165, 1.54) is 23.8 Å². The first-order chi connectivity index (χ1) is 34.9. The smallest absolute Gasteiger partial charge is 0.335 e. The standard InChI is InChI=1S/C28H28N4O3.C22H26N4O2.C7H6O2/c1-3-32-25-12-11-23(18(2)27(25)29-30-32)24(16-26(33)34)21-10-9-19-13-14-31(17-22(19)15-21)28(35)20-7-5-4-6-8-20;1-4-26-20-8-7-18(14(2)22(20)24-25-26)19(12-21(27)28-3)16-6-5-15-9-10-23-13-17(15)11-16;8-7(9)6-4-2-1-3-5-6/h4-12,15,24H,3,13-14,16-17H2,1-2H3,(H,33,34);5-8,11,19,23H,4,9-10,12-13H2,1-3H3;1-5H,(H,8,9). The number of aromatic carboxylic acids is 1. The first-order valence-electron chi connectivity index (χ1n) is 24.4. The third kappa shape index (κ3) is 11.1. The number of carboxylic acid groups (broad SMARTS) is 2. The lowest BCUT2D eigenvalue weighted by molar-refractivity contribution is -0.141. The number of nitrogens with one attached hydrogen (secondary N) is 1. The van der Waals surface area contributed by atoms with Crippen LogP contribution in [0.3, 0.4) is 0 Å². The van der Waals surface area contributed by atoms with Gasteiger partial charge in [-0.2, -0.15) is 0 Å². The molecule has 8 aromatic rings. The lowest BCUT2D eigenvalue weighted by atomic mass is 9.83. The van der Waals surface area contributed by atoms with E-state index in [9.17, 15) is 24.3 Å². The SMILES string of the molecule is CCn1nnc2c(C)c(C(CC(=O)O)c3ccc4c(c3)CN(C(=O)c3ccccc3)CC4)ccc21.CCn1nnc2c(C)c(C(CC(=O)OC)c3ccc4c(c3)CNCC4)ccc21.O=C(O)c1ccccc1. The summed E-state index contributed by atoms with van der Waals surface area (Å²) in [5, 5.41) is 38.8. The molecule has 2 atom stereocenters. The van der Waals surface area contributed by atoms with E-state index in [1.807, 2.05) is 76.6 Å². The van der Waals surface area contributed by atoms with Crippen molar-refractivity contribution < 1.29 is 34.1 Å². The Kier molecular flexibility index (Phi) is 15.9. The number of nitrogens with zero attached hydrogens (tertiary/aromatic N) is 7. The molecule has 2 aromatic heterocycles. The molecule has 0 saturated carbocycles. The third-order valence-electron chi connectivity index (χ3n) is 13.8.